The lowest BCUT2D eigenvalue weighted by molar-refractivity contribution is -0.121. The molecule has 3 unspecified atom stereocenters. The molecule has 1 N–H and O–H groups in total. The van der Waals surface area contributed by atoms with Crippen LogP contribution in [0.1, 0.15) is 43.4 Å². The molecule has 3 atom stereocenters. The molecule has 0 bridgehead atoms. The van der Waals surface area contributed by atoms with Crippen LogP contribution in [0.15, 0.2) is 89.2 Å². The Hall–Kier alpha value is -3.94. The van der Waals surface area contributed by atoms with Gasteiger partial charge in [0.1, 0.15) is 11.9 Å². The minimum atomic E-state index is -1.21. The predicted octanol–water partition coefficient (Wildman–Crippen LogP) is 5.83. The van der Waals surface area contributed by atoms with Crippen molar-refractivity contribution < 1.29 is 24.2 Å². The highest BCUT2D eigenvalue weighted by Gasteiger charge is 2.43. The quantitative estimate of drug-likeness (QED) is 0.415. The second kappa shape index (κ2) is 10.4. The van der Waals surface area contributed by atoms with E-state index in [2.05, 4.69) is 5.10 Å². The second-order valence-corrected chi connectivity index (χ2v) is 9.72. The van der Waals surface area contributed by atoms with Gasteiger partial charge in [0.25, 0.3) is 5.91 Å². The summed E-state index contributed by atoms with van der Waals surface area (Å²) in [6, 6.07) is 21.5. The van der Waals surface area contributed by atoms with E-state index in [-0.39, 0.29) is 29.4 Å². The first-order valence-corrected chi connectivity index (χ1v) is 12.6. The summed E-state index contributed by atoms with van der Waals surface area (Å²) in [6.45, 7) is 3.42. The molecule has 2 aliphatic heterocycles. The van der Waals surface area contributed by atoms with Gasteiger partial charge >= 0.3 is 0 Å². The number of benzene rings is 3. The van der Waals surface area contributed by atoms with Gasteiger partial charge in [-0.3, -0.25) is 9.59 Å². The highest BCUT2D eigenvalue weighted by Crippen LogP contribution is 2.45. The van der Waals surface area contributed by atoms with E-state index in [9.17, 15) is 14.7 Å². The van der Waals surface area contributed by atoms with E-state index < -0.39 is 17.9 Å². The van der Waals surface area contributed by atoms with Crippen LogP contribution in [0.3, 0.4) is 0 Å². The van der Waals surface area contributed by atoms with Crippen LogP contribution in [0.4, 0.5) is 5.69 Å². The van der Waals surface area contributed by atoms with Crippen molar-refractivity contribution in [3.8, 4) is 11.5 Å². The van der Waals surface area contributed by atoms with E-state index in [4.69, 9.17) is 21.1 Å². The third-order valence-electron chi connectivity index (χ3n) is 7.03. The molecule has 194 valence electrons. The molecule has 0 saturated heterocycles. The number of amides is 1. The van der Waals surface area contributed by atoms with Crippen LogP contribution in [0, 0.1) is 5.92 Å². The van der Waals surface area contributed by atoms with Crippen LogP contribution in [-0.4, -0.2) is 29.6 Å². The average Bonchev–Trinajstić information content (AvgIpc) is 3.21. The number of ether oxygens (including phenoxy) is 2. The molecule has 0 spiro atoms. The summed E-state index contributed by atoms with van der Waals surface area (Å²) in [7, 11) is 1.51. The Kier molecular flexibility index (Phi) is 7.06. The van der Waals surface area contributed by atoms with Crippen molar-refractivity contribution in [1.29, 1.82) is 0 Å². The van der Waals surface area contributed by atoms with Crippen molar-refractivity contribution in [2.45, 2.75) is 32.3 Å². The number of aliphatic hydroxyl groups excluding tert-OH is 1. The van der Waals surface area contributed by atoms with Gasteiger partial charge in [0.2, 0.25) is 0 Å². The van der Waals surface area contributed by atoms with E-state index in [1.165, 1.54) is 12.1 Å². The third-order valence-corrected chi connectivity index (χ3v) is 7.37. The van der Waals surface area contributed by atoms with Crippen LogP contribution in [0.5, 0.6) is 11.5 Å². The summed E-state index contributed by atoms with van der Waals surface area (Å²) in [5.41, 5.74) is 2.47. The maximum atomic E-state index is 13.9. The van der Waals surface area contributed by atoms with Gasteiger partial charge in [-0.15, -0.1) is 0 Å². The molecule has 0 aliphatic carbocycles. The van der Waals surface area contributed by atoms with E-state index in [0.717, 1.165) is 0 Å². The number of halogens is 1. The molecule has 5 rings (SSSR count). The van der Waals surface area contributed by atoms with Crippen molar-refractivity contribution in [3.05, 3.63) is 100 Å². The van der Waals surface area contributed by atoms with Gasteiger partial charge in [-0.05, 0) is 43.7 Å². The van der Waals surface area contributed by atoms with Gasteiger partial charge in [-0.1, -0.05) is 60.1 Å². The molecule has 38 heavy (non-hydrogen) atoms. The largest absolute Gasteiger partial charge is 0.493 e. The Morgan fingerprint density at radius 1 is 1.08 bits per heavy atom. The number of hydrogen-bond acceptors (Lipinski definition) is 6. The van der Waals surface area contributed by atoms with Crippen molar-refractivity contribution in [1.82, 2.24) is 0 Å². The first-order valence-electron chi connectivity index (χ1n) is 12.3. The van der Waals surface area contributed by atoms with Gasteiger partial charge in [0.05, 0.1) is 24.3 Å². The number of carbonyl (C=O) groups is 2. The third kappa shape index (κ3) is 4.48. The lowest BCUT2D eigenvalue weighted by atomic mass is 9.78. The number of nitrogens with zero attached hydrogens (tertiary/aromatic N) is 2. The van der Waals surface area contributed by atoms with Gasteiger partial charge < -0.3 is 14.6 Å². The standard InChI is InChI=1S/C30H27ClN2O5/c1-17-26(30(36)33(32-17)19-10-5-4-6-11-19)22(20-12-7-8-14-23(20)31)16-24(34)27-18(2)38-29-21(28(27)35)13-9-15-25(29)37-3/h4-15,22,26,28,35H,16H2,1-3H3. The number of hydrazone groups is 1. The highest BCUT2D eigenvalue weighted by molar-refractivity contribution is 6.31. The average molecular weight is 531 g/mol. The number of hydrogen-bond donors (Lipinski definition) is 1. The maximum Gasteiger partial charge on any atom is 0.256 e. The number of methoxy groups -OCH3 is 1. The summed E-state index contributed by atoms with van der Waals surface area (Å²) in [4.78, 5) is 27.6. The molecule has 2 aliphatic rings. The first kappa shape index (κ1) is 25.7. The number of carbonyl (C=O) groups excluding carboxylic acids is 2. The summed E-state index contributed by atoms with van der Waals surface area (Å²) in [5, 5.41) is 17.6. The first-order chi connectivity index (χ1) is 18.3. The van der Waals surface area contributed by atoms with Gasteiger partial charge in [0.15, 0.2) is 17.3 Å². The molecule has 7 nitrogen and oxygen atoms in total. The number of para-hydroxylation sites is 2. The zero-order valence-corrected chi connectivity index (χ0v) is 22.0. The van der Waals surface area contributed by atoms with E-state index in [1.807, 2.05) is 42.5 Å². The molecule has 0 saturated carbocycles. The Balaban J connectivity index is 1.51. The van der Waals surface area contributed by atoms with Gasteiger partial charge in [0, 0.05) is 28.6 Å². The van der Waals surface area contributed by atoms with E-state index in [1.54, 1.807) is 44.2 Å². The Morgan fingerprint density at radius 2 is 1.79 bits per heavy atom. The number of rotatable bonds is 7. The molecule has 2 heterocycles. The minimum absolute atomic E-state index is 0.0813. The van der Waals surface area contributed by atoms with E-state index in [0.29, 0.717) is 39.0 Å². The number of anilines is 1. The topological polar surface area (TPSA) is 88.4 Å². The SMILES string of the molecule is COc1cccc2c1OC(C)=C(C(=O)CC(c1ccccc1Cl)C1C(=O)N(c3ccccc3)N=C1C)C2O. The number of allylic oxidation sites excluding steroid dienone is 1. The Morgan fingerprint density at radius 3 is 2.50 bits per heavy atom. The summed E-state index contributed by atoms with van der Waals surface area (Å²) in [5.74, 6) is -0.780. The molecular formula is C30H27ClN2O5. The zero-order valence-electron chi connectivity index (χ0n) is 21.2. The molecule has 1 amide bonds. The molecular weight excluding hydrogens is 504 g/mol. The van der Waals surface area contributed by atoms with Crippen LogP contribution in [-0.2, 0) is 9.59 Å². The molecule has 0 radical (unpaired) electrons. The smallest absolute Gasteiger partial charge is 0.256 e. The predicted molar refractivity (Wildman–Crippen MR) is 146 cm³/mol. The lowest BCUT2D eigenvalue weighted by Crippen LogP contribution is -2.33. The van der Waals surface area contributed by atoms with Crippen LogP contribution >= 0.6 is 11.6 Å². The second-order valence-electron chi connectivity index (χ2n) is 9.31. The Bertz CT molecular complexity index is 1470. The Labute approximate surface area is 225 Å². The van der Waals surface area contributed by atoms with E-state index >= 15 is 0 Å². The normalized spacial score (nSPS) is 19.6. The summed E-state index contributed by atoms with van der Waals surface area (Å²) < 4.78 is 11.3. The van der Waals surface area contributed by atoms with Crippen molar-refractivity contribution in [2.24, 2.45) is 11.0 Å². The lowest BCUT2D eigenvalue weighted by Gasteiger charge is -2.29. The van der Waals surface area contributed by atoms with Gasteiger partial charge in [-0.25, -0.2) is 5.01 Å². The molecule has 0 fully saturated rings. The number of Topliss-reactive ketones (excluding diaryl/α,β-unsaturated/α-hetero) is 1. The monoisotopic (exact) mass is 530 g/mol. The summed E-state index contributed by atoms with van der Waals surface area (Å²) in [6.07, 6.45) is -1.29. The molecule has 8 heteroatoms. The van der Waals surface area contributed by atoms with Crippen LogP contribution in [0.2, 0.25) is 5.02 Å². The van der Waals surface area contributed by atoms with Crippen molar-refractivity contribution >= 4 is 34.7 Å². The molecule has 0 aromatic heterocycles. The molecule has 3 aromatic rings. The highest BCUT2D eigenvalue weighted by atomic mass is 35.5. The zero-order chi connectivity index (χ0) is 27.0. The number of aliphatic hydroxyl groups is 1. The maximum absolute atomic E-state index is 13.9. The summed E-state index contributed by atoms with van der Waals surface area (Å²) >= 11 is 6.60. The fourth-order valence-corrected chi connectivity index (χ4v) is 5.49. The fourth-order valence-electron chi connectivity index (χ4n) is 5.21. The van der Waals surface area contributed by atoms with Crippen LogP contribution < -0.4 is 14.5 Å². The van der Waals surface area contributed by atoms with Crippen molar-refractivity contribution in [3.63, 3.8) is 0 Å². The fraction of sp³-hybridized carbons (Fsp3) is 0.233. The number of fused-ring (bicyclic) bond motifs is 1. The van der Waals surface area contributed by atoms with Crippen molar-refractivity contribution in [2.75, 3.05) is 12.1 Å². The van der Waals surface area contributed by atoms with Gasteiger partial charge in [-0.2, -0.15) is 5.10 Å². The van der Waals surface area contributed by atoms with Crippen LogP contribution in [0.25, 0.3) is 0 Å². The molecule has 3 aromatic carbocycles. The number of ketones is 1. The minimum Gasteiger partial charge on any atom is -0.493 e.